The van der Waals surface area contributed by atoms with Gasteiger partial charge in [-0.05, 0) is 63.7 Å². The highest BCUT2D eigenvalue weighted by atomic mass is 32.1. The molecule has 298 valence electrons. The van der Waals surface area contributed by atoms with E-state index in [1.807, 2.05) is 32.9 Å². The number of amides is 5. The maximum absolute atomic E-state index is 14.5. The van der Waals surface area contributed by atoms with Crippen molar-refractivity contribution in [1.82, 2.24) is 51.5 Å². The van der Waals surface area contributed by atoms with E-state index in [1.54, 1.807) is 49.1 Å². The number of fused-ring (bicyclic) bond motifs is 1. The molecular formula is C38H55N11O5S. The van der Waals surface area contributed by atoms with Crippen molar-refractivity contribution in [2.24, 2.45) is 5.41 Å². The number of thiazole rings is 1. The van der Waals surface area contributed by atoms with E-state index in [2.05, 4.69) is 59.3 Å². The maximum Gasteiger partial charge on any atom is 0.246 e. The molecule has 2 aliphatic rings. The SMILES string of the molecule is CN[C@@H](C)C(=O)Nc1nc(CC(=O)NCCc2cn([C@H]3C[C@@H](C(=O)N[C@@H]4CCCc5ccccc54)N(C(=O)[C@@H](NC(=O)[C@H](C)NC)C(C)(C)C)C3)nn2)cs1. The second kappa shape index (κ2) is 18.3. The normalized spacial score (nSPS) is 19.8. The highest BCUT2D eigenvalue weighted by molar-refractivity contribution is 7.14. The molecule has 2 aromatic heterocycles. The van der Waals surface area contributed by atoms with Gasteiger partial charge in [-0.25, -0.2) is 9.67 Å². The minimum absolute atomic E-state index is 0.0619. The molecule has 0 bridgehead atoms. The summed E-state index contributed by atoms with van der Waals surface area (Å²) < 4.78 is 1.69. The molecule has 0 saturated carbocycles. The predicted molar refractivity (Wildman–Crippen MR) is 209 cm³/mol. The van der Waals surface area contributed by atoms with Crippen LogP contribution in [-0.4, -0.2) is 106 Å². The first-order valence-electron chi connectivity index (χ1n) is 18.9. The number of anilines is 1. The van der Waals surface area contributed by atoms with Gasteiger partial charge in [-0.3, -0.25) is 24.0 Å². The Labute approximate surface area is 326 Å². The average Bonchev–Trinajstić information content (AvgIpc) is 3.93. The van der Waals surface area contributed by atoms with Crippen molar-refractivity contribution < 1.29 is 24.0 Å². The molecule has 5 rings (SSSR count). The zero-order chi connectivity index (χ0) is 39.9. The van der Waals surface area contributed by atoms with E-state index in [0.717, 1.165) is 24.8 Å². The topological polar surface area (TPSA) is 204 Å². The first kappa shape index (κ1) is 41.4. The van der Waals surface area contributed by atoms with Crippen LogP contribution in [0.5, 0.6) is 0 Å². The first-order chi connectivity index (χ1) is 26.2. The van der Waals surface area contributed by atoms with Crippen LogP contribution in [0.3, 0.4) is 0 Å². The lowest BCUT2D eigenvalue weighted by Gasteiger charge is -2.36. The smallest absolute Gasteiger partial charge is 0.246 e. The van der Waals surface area contributed by atoms with Crippen LogP contribution in [-0.2, 0) is 43.2 Å². The van der Waals surface area contributed by atoms with Gasteiger partial charge in [-0.1, -0.05) is 50.3 Å². The minimum atomic E-state index is -0.883. The Balaban J connectivity index is 1.25. The number of nitrogens with one attached hydrogen (secondary N) is 6. The van der Waals surface area contributed by atoms with Crippen LogP contribution in [0.4, 0.5) is 5.13 Å². The van der Waals surface area contributed by atoms with Crippen LogP contribution in [0.15, 0.2) is 35.8 Å². The Morgan fingerprint density at radius 3 is 2.45 bits per heavy atom. The van der Waals surface area contributed by atoms with Crippen LogP contribution < -0.4 is 31.9 Å². The molecule has 0 radical (unpaired) electrons. The van der Waals surface area contributed by atoms with Crippen LogP contribution in [0.25, 0.3) is 0 Å². The van der Waals surface area contributed by atoms with Crippen LogP contribution in [0.2, 0.25) is 0 Å². The first-order valence-corrected chi connectivity index (χ1v) is 19.8. The lowest BCUT2D eigenvalue weighted by Crippen LogP contribution is -2.59. The molecule has 1 saturated heterocycles. The Morgan fingerprint density at radius 2 is 1.73 bits per heavy atom. The molecule has 17 heteroatoms. The second-order valence-electron chi connectivity index (χ2n) is 15.5. The fourth-order valence-corrected chi connectivity index (χ4v) is 7.55. The van der Waals surface area contributed by atoms with Gasteiger partial charge in [-0.15, -0.1) is 16.4 Å². The zero-order valence-corrected chi connectivity index (χ0v) is 33.6. The van der Waals surface area contributed by atoms with E-state index in [9.17, 15) is 24.0 Å². The monoisotopic (exact) mass is 777 g/mol. The number of carbonyl (C=O) groups excluding carboxylic acids is 5. The third-order valence-electron chi connectivity index (χ3n) is 10.4. The minimum Gasteiger partial charge on any atom is -0.355 e. The molecular weight excluding hydrogens is 723 g/mol. The number of nitrogens with zero attached hydrogens (tertiary/aromatic N) is 5. The van der Waals surface area contributed by atoms with E-state index in [-0.39, 0.29) is 60.6 Å². The lowest BCUT2D eigenvalue weighted by molar-refractivity contribution is -0.144. The fraction of sp³-hybridized carbons (Fsp3) is 0.579. The van der Waals surface area contributed by atoms with Gasteiger partial charge in [-0.2, -0.15) is 0 Å². The van der Waals surface area contributed by atoms with E-state index < -0.39 is 23.5 Å². The molecule has 1 fully saturated rings. The quantitative estimate of drug-likeness (QED) is 0.132. The van der Waals surface area contributed by atoms with E-state index in [1.165, 1.54) is 16.9 Å². The van der Waals surface area contributed by atoms with E-state index in [4.69, 9.17) is 0 Å². The molecule has 0 unspecified atom stereocenters. The number of likely N-dealkylation sites (tertiary alicyclic amines) is 1. The van der Waals surface area contributed by atoms with Crippen molar-refractivity contribution in [2.45, 2.75) is 109 Å². The van der Waals surface area contributed by atoms with Crippen molar-refractivity contribution in [1.29, 1.82) is 0 Å². The Morgan fingerprint density at radius 1 is 1.00 bits per heavy atom. The zero-order valence-electron chi connectivity index (χ0n) is 32.8. The van der Waals surface area contributed by atoms with Gasteiger partial charge in [0, 0.05) is 37.5 Å². The largest absolute Gasteiger partial charge is 0.355 e. The second-order valence-corrected chi connectivity index (χ2v) is 16.3. The molecule has 3 aromatic rings. The van der Waals surface area contributed by atoms with Gasteiger partial charge in [0.1, 0.15) is 12.1 Å². The number of hydrogen-bond acceptors (Lipinski definition) is 11. The van der Waals surface area contributed by atoms with Crippen molar-refractivity contribution in [3.63, 3.8) is 0 Å². The summed E-state index contributed by atoms with van der Waals surface area (Å²) in [5.74, 6) is -1.31. The molecule has 0 spiro atoms. The van der Waals surface area contributed by atoms with Crippen molar-refractivity contribution >= 4 is 46.0 Å². The molecule has 6 atom stereocenters. The number of rotatable bonds is 15. The van der Waals surface area contributed by atoms with Crippen LogP contribution in [0, 0.1) is 5.41 Å². The van der Waals surface area contributed by atoms with Crippen molar-refractivity contribution in [3.05, 3.63) is 58.4 Å². The summed E-state index contributed by atoms with van der Waals surface area (Å²) in [6.07, 6.45) is 5.28. The van der Waals surface area contributed by atoms with E-state index in [0.29, 0.717) is 35.9 Å². The van der Waals surface area contributed by atoms with Crippen molar-refractivity contribution in [3.8, 4) is 0 Å². The third kappa shape index (κ3) is 10.5. The van der Waals surface area contributed by atoms with Gasteiger partial charge in [0.2, 0.25) is 29.5 Å². The van der Waals surface area contributed by atoms with Gasteiger partial charge >= 0.3 is 0 Å². The van der Waals surface area contributed by atoms with Crippen molar-refractivity contribution in [2.75, 3.05) is 32.5 Å². The predicted octanol–water partition coefficient (Wildman–Crippen LogP) is 1.66. The number of carbonyl (C=O) groups is 5. The summed E-state index contributed by atoms with van der Waals surface area (Å²) in [4.78, 5) is 72.4. The molecule has 55 heavy (non-hydrogen) atoms. The molecule has 16 nitrogen and oxygen atoms in total. The van der Waals surface area contributed by atoms with Gasteiger partial charge < -0.3 is 36.8 Å². The highest BCUT2D eigenvalue weighted by Gasteiger charge is 2.46. The number of benzene rings is 1. The third-order valence-corrected chi connectivity index (χ3v) is 11.2. The number of hydrogen-bond donors (Lipinski definition) is 6. The number of aryl methyl sites for hydroxylation is 1. The van der Waals surface area contributed by atoms with Crippen LogP contribution in [0.1, 0.15) is 88.5 Å². The summed E-state index contributed by atoms with van der Waals surface area (Å²) in [6, 6.07) is 5.05. The number of likely N-dealkylation sites (N-methyl/N-ethyl adjacent to an activating group) is 2. The Hall–Kier alpha value is -4.74. The van der Waals surface area contributed by atoms with Gasteiger partial charge in [0.05, 0.1) is 42.0 Å². The number of aromatic nitrogens is 4. The van der Waals surface area contributed by atoms with Gasteiger partial charge in [0.15, 0.2) is 5.13 Å². The summed E-state index contributed by atoms with van der Waals surface area (Å²) >= 11 is 1.26. The Bertz CT molecular complexity index is 1840. The van der Waals surface area contributed by atoms with Crippen LogP contribution >= 0.6 is 11.3 Å². The molecule has 3 heterocycles. The maximum atomic E-state index is 14.5. The summed E-state index contributed by atoms with van der Waals surface area (Å²) in [7, 11) is 3.38. The summed E-state index contributed by atoms with van der Waals surface area (Å²) in [5.41, 5.74) is 2.87. The lowest BCUT2D eigenvalue weighted by atomic mass is 9.85. The standard InChI is InChI=1S/C38H55N11O5S/c1-22(39-6)33(51)44-32(38(3,4)5)36(54)48-20-27(18-30(48)35(53)43-29-14-10-12-24-11-8-9-13-28(24)29)49-19-25(46-47-49)15-16-41-31(50)17-26-21-55-37(42-26)45-34(52)23(2)40-7/h8-9,11,13,19,21-23,27,29-30,32,39-40H,10,12,14-18,20H2,1-7H3,(H,41,50)(H,43,53)(H,44,51)(H,42,45,52)/t22-,23-,27-,29+,30-,32+/m0/s1. The van der Waals surface area contributed by atoms with E-state index >= 15 is 0 Å². The average molecular weight is 778 g/mol. The fourth-order valence-electron chi connectivity index (χ4n) is 6.84. The molecule has 1 aromatic carbocycles. The van der Waals surface area contributed by atoms with Gasteiger partial charge in [0.25, 0.3) is 0 Å². The summed E-state index contributed by atoms with van der Waals surface area (Å²) in [6.45, 7) is 9.66. The molecule has 1 aliphatic carbocycles. The molecule has 1 aliphatic heterocycles. The highest BCUT2D eigenvalue weighted by Crippen LogP contribution is 2.33. The molecule has 5 amide bonds. The molecule has 6 N–H and O–H groups in total. The summed E-state index contributed by atoms with van der Waals surface area (Å²) in [5, 5.41) is 28.5. The Kier molecular flexibility index (Phi) is 13.8.